The van der Waals surface area contributed by atoms with Crippen LogP contribution in [-0.4, -0.2) is 29.7 Å². The first-order chi connectivity index (χ1) is 10.3. The predicted octanol–water partition coefficient (Wildman–Crippen LogP) is 2.40. The summed E-state index contributed by atoms with van der Waals surface area (Å²) in [4.78, 5) is 8.74. The van der Waals surface area contributed by atoms with E-state index in [-0.39, 0.29) is 6.10 Å². The summed E-state index contributed by atoms with van der Waals surface area (Å²) in [6, 6.07) is 7.75. The molecule has 1 aliphatic rings. The minimum atomic E-state index is -0.0518. The van der Waals surface area contributed by atoms with E-state index in [1.165, 1.54) is 0 Å². The summed E-state index contributed by atoms with van der Waals surface area (Å²) in [5.74, 6) is 0.722. The molecule has 0 bridgehead atoms. The first-order valence-corrected chi connectivity index (χ1v) is 7.31. The number of nitrogens with one attached hydrogen (secondary N) is 2. The van der Waals surface area contributed by atoms with Crippen molar-refractivity contribution in [1.82, 2.24) is 15.3 Å². The molecule has 3 rings (SSSR count). The summed E-state index contributed by atoms with van der Waals surface area (Å²) in [6.07, 6.45) is 3.52. The van der Waals surface area contributed by atoms with E-state index in [4.69, 9.17) is 16.3 Å². The number of benzene rings is 1. The number of hydrogen-bond acceptors (Lipinski definition) is 5. The Morgan fingerprint density at radius 3 is 2.67 bits per heavy atom. The lowest BCUT2D eigenvalue weighted by atomic mass is 10.2. The quantitative estimate of drug-likeness (QED) is 0.908. The number of aromatic nitrogens is 2. The first-order valence-electron chi connectivity index (χ1n) is 6.94. The van der Waals surface area contributed by atoms with E-state index < -0.39 is 0 Å². The lowest BCUT2D eigenvalue weighted by molar-refractivity contribution is 0.0221. The molecule has 2 aromatic rings. The third kappa shape index (κ3) is 3.91. The van der Waals surface area contributed by atoms with Crippen LogP contribution in [-0.2, 0) is 11.3 Å². The van der Waals surface area contributed by atoms with Gasteiger partial charge in [-0.3, -0.25) is 0 Å². The summed E-state index contributed by atoms with van der Waals surface area (Å²) in [7, 11) is 0. The monoisotopic (exact) mass is 304 g/mol. The highest BCUT2D eigenvalue weighted by atomic mass is 35.5. The molecule has 0 amide bonds. The van der Waals surface area contributed by atoms with Gasteiger partial charge < -0.3 is 15.4 Å². The Balaban J connectivity index is 1.57. The van der Waals surface area contributed by atoms with E-state index in [2.05, 4.69) is 20.6 Å². The zero-order valence-electron chi connectivity index (χ0n) is 11.6. The Hall–Kier alpha value is -1.69. The summed E-state index contributed by atoms with van der Waals surface area (Å²) in [5, 5.41) is 7.30. The Morgan fingerprint density at radius 1 is 1.24 bits per heavy atom. The average Bonchev–Trinajstić information content (AvgIpc) is 2.56. The molecule has 6 heteroatoms. The molecule has 2 N–H and O–H groups in total. The van der Waals surface area contributed by atoms with Crippen molar-refractivity contribution in [3.8, 4) is 0 Å². The molecule has 1 aliphatic heterocycles. The van der Waals surface area contributed by atoms with Crippen molar-refractivity contribution in [2.45, 2.75) is 12.6 Å². The Bertz CT molecular complexity index is 567. The number of morpholine rings is 1. The molecule has 0 saturated carbocycles. The van der Waals surface area contributed by atoms with Crippen LogP contribution in [0.15, 0.2) is 36.7 Å². The van der Waals surface area contributed by atoms with Crippen molar-refractivity contribution in [1.29, 1.82) is 0 Å². The highest BCUT2D eigenvalue weighted by Gasteiger charge is 2.17. The van der Waals surface area contributed by atoms with E-state index in [0.29, 0.717) is 13.2 Å². The van der Waals surface area contributed by atoms with Crippen LogP contribution in [0, 0.1) is 0 Å². The van der Waals surface area contributed by atoms with E-state index in [9.17, 15) is 0 Å². The minimum absolute atomic E-state index is 0.0518. The average molecular weight is 305 g/mol. The van der Waals surface area contributed by atoms with Gasteiger partial charge in [0.05, 0.1) is 24.7 Å². The molecule has 1 saturated heterocycles. The molecule has 0 aliphatic carbocycles. The zero-order valence-corrected chi connectivity index (χ0v) is 12.3. The Labute approximate surface area is 128 Å². The van der Waals surface area contributed by atoms with Crippen molar-refractivity contribution >= 4 is 17.3 Å². The number of halogens is 1. The van der Waals surface area contributed by atoms with Crippen molar-refractivity contribution in [3.63, 3.8) is 0 Å². The van der Waals surface area contributed by atoms with E-state index in [1.807, 2.05) is 24.3 Å². The van der Waals surface area contributed by atoms with Gasteiger partial charge in [-0.2, -0.15) is 0 Å². The number of anilines is 1. The van der Waals surface area contributed by atoms with Crippen LogP contribution in [0.25, 0.3) is 0 Å². The number of nitrogens with zero attached hydrogens (tertiary/aromatic N) is 2. The van der Waals surface area contributed by atoms with Gasteiger partial charge in [-0.25, -0.2) is 9.97 Å². The second kappa shape index (κ2) is 6.85. The normalized spacial score (nSPS) is 18.4. The Morgan fingerprint density at radius 2 is 2.00 bits per heavy atom. The second-order valence-electron chi connectivity index (χ2n) is 4.87. The maximum atomic E-state index is 5.86. The second-order valence-corrected chi connectivity index (χ2v) is 5.31. The molecule has 1 aromatic heterocycles. The molecule has 0 radical (unpaired) electrons. The van der Waals surface area contributed by atoms with Gasteiger partial charge >= 0.3 is 0 Å². The molecular formula is C15H17ClN4O. The van der Waals surface area contributed by atoms with Gasteiger partial charge in [-0.15, -0.1) is 0 Å². The van der Waals surface area contributed by atoms with Crippen LogP contribution in [0.5, 0.6) is 0 Å². The molecule has 110 valence electrons. The van der Waals surface area contributed by atoms with Crippen LogP contribution in [0.2, 0.25) is 5.02 Å². The number of ether oxygens (including phenoxy) is 1. The van der Waals surface area contributed by atoms with Gasteiger partial charge in [0, 0.05) is 24.7 Å². The van der Waals surface area contributed by atoms with Crippen LogP contribution in [0.4, 0.5) is 5.69 Å². The summed E-state index contributed by atoms with van der Waals surface area (Å²) in [5.41, 5.74) is 2.04. The maximum absolute atomic E-state index is 5.86. The summed E-state index contributed by atoms with van der Waals surface area (Å²) < 4.78 is 5.62. The lowest BCUT2D eigenvalue weighted by Crippen LogP contribution is -2.34. The molecule has 1 atom stereocenters. The van der Waals surface area contributed by atoms with Crippen LogP contribution in [0.1, 0.15) is 17.5 Å². The zero-order chi connectivity index (χ0) is 14.5. The van der Waals surface area contributed by atoms with E-state index in [0.717, 1.165) is 35.2 Å². The van der Waals surface area contributed by atoms with E-state index in [1.54, 1.807) is 12.4 Å². The van der Waals surface area contributed by atoms with Gasteiger partial charge in [-0.1, -0.05) is 23.7 Å². The third-order valence-electron chi connectivity index (χ3n) is 3.30. The van der Waals surface area contributed by atoms with Crippen LogP contribution < -0.4 is 10.6 Å². The third-order valence-corrected chi connectivity index (χ3v) is 3.55. The molecule has 1 aromatic carbocycles. The SMILES string of the molecule is Clc1ccc(CNc2cnc(C3CNCCO3)nc2)cc1. The molecular weight excluding hydrogens is 288 g/mol. The molecule has 5 nitrogen and oxygen atoms in total. The van der Waals surface area contributed by atoms with Gasteiger partial charge in [0.2, 0.25) is 0 Å². The maximum Gasteiger partial charge on any atom is 0.158 e. The van der Waals surface area contributed by atoms with Gasteiger partial charge in [0.1, 0.15) is 6.10 Å². The summed E-state index contributed by atoms with van der Waals surface area (Å²) >= 11 is 5.86. The number of hydrogen-bond donors (Lipinski definition) is 2. The first kappa shape index (κ1) is 14.3. The Kier molecular flexibility index (Phi) is 4.65. The highest BCUT2D eigenvalue weighted by Crippen LogP contribution is 2.16. The smallest absolute Gasteiger partial charge is 0.158 e. The largest absolute Gasteiger partial charge is 0.378 e. The van der Waals surface area contributed by atoms with Crippen molar-refractivity contribution in [3.05, 3.63) is 53.1 Å². The van der Waals surface area contributed by atoms with Gasteiger partial charge in [-0.05, 0) is 17.7 Å². The standard InChI is InChI=1S/C15H17ClN4O/c16-12-3-1-11(2-4-12)7-18-13-8-19-15(20-9-13)14-10-17-5-6-21-14/h1-4,8-9,14,17-18H,5-7,10H2. The minimum Gasteiger partial charge on any atom is -0.378 e. The molecule has 0 spiro atoms. The van der Waals surface area contributed by atoms with Gasteiger partial charge in [0.15, 0.2) is 5.82 Å². The summed E-state index contributed by atoms with van der Waals surface area (Å²) in [6.45, 7) is 3.06. The van der Waals surface area contributed by atoms with Gasteiger partial charge in [0.25, 0.3) is 0 Å². The highest BCUT2D eigenvalue weighted by molar-refractivity contribution is 6.30. The van der Waals surface area contributed by atoms with E-state index >= 15 is 0 Å². The number of rotatable bonds is 4. The predicted molar refractivity (Wildman–Crippen MR) is 82.4 cm³/mol. The van der Waals surface area contributed by atoms with Crippen LogP contribution >= 0.6 is 11.6 Å². The molecule has 21 heavy (non-hydrogen) atoms. The topological polar surface area (TPSA) is 59.1 Å². The fraction of sp³-hybridized carbons (Fsp3) is 0.333. The molecule has 1 fully saturated rings. The van der Waals surface area contributed by atoms with Crippen molar-refractivity contribution < 1.29 is 4.74 Å². The fourth-order valence-corrected chi connectivity index (χ4v) is 2.26. The molecule has 2 heterocycles. The van der Waals surface area contributed by atoms with Crippen molar-refractivity contribution in [2.75, 3.05) is 25.0 Å². The fourth-order valence-electron chi connectivity index (χ4n) is 2.13. The lowest BCUT2D eigenvalue weighted by Gasteiger charge is -2.22. The van der Waals surface area contributed by atoms with Crippen LogP contribution in [0.3, 0.4) is 0 Å². The van der Waals surface area contributed by atoms with Crippen molar-refractivity contribution in [2.24, 2.45) is 0 Å². The molecule has 1 unspecified atom stereocenters.